The van der Waals surface area contributed by atoms with Crippen molar-refractivity contribution < 1.29 is 14.2 Å². The van der Waals surface area contributed by atoms with Crippen LogP contribution >= 0.6 is 11.6 Å². The number of hydrogen-bond acceptors (Lipinski definition) is 4. The molecule has 6 nitrogen and oxygen atoms in total. The molecule has 0 aromatic heterocycles. The van der Waals surface area contributed by atoms with Gasteiger partial charge >= 0.3 is 0 Å². The van der Waals surface area contributed by atoms with Crippen LogP contribution in [0.5, 0.6) is 11.5 Å². The number of aliphatic imine (C=N–C) groups is 1. The lowest BCUT2D eigenvalue weighted by atomic mass is 10.1. The number of hydrogen-bond donors (Lipinski definition) is 2. The SMILES string of the molecule is CN=C(NCCOCCC(C)C)NCc1cc(Cl)c2c(c1)OCCO2. The first-order valence-electron chi connectivity index (χ1n) is 8.70. The Morgan fingerprint density at radius 2 is 2.04 bits per heavy atom. The summed E-state index contributed by atoms with van der Waals surface area (Å²) in [5, 5.41) is 7.05. The summed E-state index contributed by atoms with van der Waals surface area (Å²) in [6.07, 6.45) is 1.08. The van der Waals surface area contributed by atoms with Crippen LogP contribution in [-0.4, -0.2) is 46.0 Å². The summed E-state index contributed by atoms with van der Waals surface area (Å²) in [6.45, 7) is 8.20. The van der Waals surface area contributed by atoms with Crippen molar-refractivity contribution in [2.45, 2.75) is 26.8 Å². The predicted molar refractivity (Wildman–Crippen MR) is 101 cm³/mol. The number of fused-ring (bicyclic) bond motifs is 1. The van der Waals surface area contributed by atoms with E-state index < -0.39 is 0 Å². The molecule has 1 aliphatic rings. The summed E-state index contributed by atoms with van der Waals surface area (Å²) < 4.78 is 16.7. The Balaban J connectivity index is 1.74. The molecule has 0 bridgehead atoms. The molecule has 0 atom stereocenters. The van der Waals surface area contributed by atoms with Gasteiger partial charge in [0.2, 0.25) is 0 Å². The van der Waals surface area contributed by atoms with Crippen molar-refractivity contribution in [3.05, 3.63) is 22.7 Å². The molecular weight excluding hydrogens is 342 g/mol. The number of halogens is 1. The second-order valence-electron chi connectivity index (χ2n) is 6.25. The maximum atomic E-state index is 6.26. The Kier molecular flexibility index (Phi) is 8.15. The van der Waals surface area contributed by atoms with Gasteiger partial charge in [0.25, 0.3) is 0 Å². The molecule has 1 heterocycles. The summed E-state index contributed by atoms with van der Waals surface area (Å²) in [5.74, 6) is 2.70. The predicted octanol–water partition coefficient (Wildman–Crippen LogP) is 2.84. The van der Waals surface area contributed by atoms with Crippen molar-refractivity contribution in [3.8, 4) is 11.5 Å². The lowest BCUT2D eigenvalue weighted by Crippen LogP contribution is -2.38. The Labute approximate surface area is 154 Å². The number of nitrogens with zero attached hydrogens (tertiary/aromatic N) is 1. The minimum Gasteiger partial charge on any atom is -0.486 e. The van der Waals surface area contributed by atoms with Crippen LogP contribution < -0.4 is 20.1 Å². The van der Waals surface area contributed by atoms with Gasteiger partial charge < -0.3 is 24.8 Å². The molecule has 0 unspecified atom stereocenters. The number of benzene rings is 1. The van der Waals surface area contributed by atoms with Gasteiger partial charge in [-0.25, -0.2) is 0 Å². The quantitative estimate of drug-likeness (QED) is 0.419. The third kappa shape index (κ3) is 6.63. The van der Waals surface area contributed by atoms with E-state index in [1.807, 2.05) is 12.1 Å². The first-order valence-corrected chi connectivity index (χ1v) is 9.08. The number of guanidine groups is 1. The fourth-order valence-electron chi connectivity index (χ4n) is 2.34. The fourth-order valence-corrected chi connectivity index (χ4v) is 2.62. The molecule has 0 amide bonds. The van der Waals surface area contributed by atoms with Crippen LogP contribution in [0.4, 0.5) is 0 Å². The molecule has 0 aliphatic carbocycles. The zero-order valence-corrected chi connectivity index (χ0v) is 16.0. The van der Waals surface area contributed by atoms with Gasteiger partial charge in [0.1, 0.15) is 13.2 Å². The van der Waals surface area contributed by atoms with Gasteiger partial charge in [-0.15, -0.1) is 0 Å². The van der Waals surface area contributed by atoms with E-state index in [0.717, 1.165) is 24.6 Å². The van der Waals surface area contributed by atoms with Crippen LogP contribution in [0.25, 0.3) is 0 Å². The molecule has 0 saturated carbocycles. The van der Waals surface area contributed by atoms with Crippen molar-refractivity contribution in [2.24, 2.45) is 10.9 Å². The van der Waals surface area contributed by atoms with Crippen LogP contribution in [0.1, 0.15) is 25.8 Å². The maximum Gasteiger partial charge on any atom is 0.191 e. The molecule has 0 spiro atoms. The second kappa shape index (κ2) is 10.4. The summed E-state index contributed by atoms with van der Waals surface area (Å²) in [5.41, 5.74) is 1.00. The summed E-state index contributed by atoms with van der Waals surface area (Å²) in [7, 11) is 1.74. The van der Waals surface area contributed by atoms with E-state index in [9.17, 15) is 0 Å². The van der Waals surface area contributed by atoms with Crippen molar-refractivity contribution >= 4 is 17.6 Å². The van der Waals surface area contributed by atoms with E-state index >= 15 is 0 Å². The number of rotatable bonds is 8. The zero-order valence-electron chi connectivity index (χ0n) is 15.2. The molecule has 7 heteroatoms. The molecule has 2 N–H and O–H groups in total. The lowest BCUT2D eigenvalue weighted by Gasteiger charge is -2.20. The van der Waals surface area contributed by atoms with Crippen molar-refractivity contribution in [1.29, 1.82) is 0 Å². The lowest BCUT2D eigenvalue weighted by molar-refractivity contribution is 0.128. The van der Waals surface area contributed by atoms with E-state index in [0.29, 0.717) is 55.3 Å². The van der Waals surface area contributed by atoms with Crippen LogP contribution in [0.15, 0.2) is 17.1 Å². The van der Waals surface area contributed by atoms with Gasteiger partial charge in [0, 0.05) is 26.7 Å². The first-order chi connectivity index (χ1) is 12.1. The standard InChI is InChI=1S/C18H28ClN3O3/c1-13(2)4-6-23-7-5-21-18(20-3)22-12-14-10-15(19)17-16(11-14)24-8-9-25-17/h10-11,13H,4-9,12H2,1-3H3,(H2,20,21,22). The molecule has 2 rings (SSSR count). The Morgan fingerprint density at radius 1 is 1.24 bits per heavy atom. The van der Waals surface area contributed by atoms with Gasteiger partial charge in [0.05, 0.1) is 11.6 Å². The molecule has 1 aromatic rings. The van der Waals surface area contributed by atoms with E-state index in [-0.39, 0.29) is 0 Å². The molecule has 140 valence electrons. The van der Waals surface area contributed by atoms with Crippen molar-refractivity contribution in [1.82, 2.24) is 10.6 Å². The highest BCUT2D eigenvalue weighted by atomic mass is 35.5. The smallest absolute Gasteiger partial charge is 0.191 e. The van der Waals surface area contributed by atoms with Gasteiger partial charge in [-0.05, 0) is 30.0 Å². The van der Waals surface area contributed by atoms with Crippen LogP contribution in [0, 0.1) is 5.92 Å². The Bertz CT molecular complexity index is 579. The minimum absolute atomic E-state index is 0.528. The second-order valence-corrected chi connectivity index (χ2v) is 6.66. The normalized spacial score (nSPS) is 13.9. The highest BCUT2D eigenvalue weighted by Crippen LogP contribution is 2.38. The monoisotopic (exact) mass is 369 g/mol. The van der Waals surface area contributed by atoms with Gasteiger partial charge in [0.15, 0.2) is 17.5 Å². The van der Waals surface area contributed by atoms with E-state index in [2.05, 4.69) is 29.5 Å². The molecule has 0 radical (unpaired) electrons. The molecule has 0 fully saturated rings. The maximum absolute atomic E-state index is 6.26. The number of nitrogens with one attached hydrogen (secondary N) is 2. The highest BCUT2D eigenvalue weighted by molar-refractivity contribution is 6.32. The topological polar surface area (TPSA) is 64.1 Å². The van der Waals surface area contributed by atoms with Gasteiger partial charge in [-0.1, -0.05) is 25.4 Å². The van der Waals surface area contributed by atoms with Crippen molar-refractivity contribution in [2.75, 3.05) is 40.0 Å². The van der Waals surface area contributed by atoms with Gasteiger partial charge in [-0.3, -0.25) is 4.99 Å². The largest absolute Gasteiger partial charge is 0.486 e. The average Bonchev–Trinajstić information content (AvgIpc) is 2.60. The molecule has 0 saturated heterocycles. The summed E-state index contributed by atoms with van der Waals surface area (Å²) in [6, 6.07) is 3.82. The first kappa shape index (κ1) is 19.7. The Morgan fingerprint density at radius 3 is 2.80 bits per heavy atom. The fraction of sp³-hybridized carbons (Fsp3) is 0.611. The van der Waals surface area contributed by atoms with Gasteiger partial charge in [-0.2, -0.15) is 0 Å². The van der Waals surface area contributed by atoms with Crippen LogP contribution in [-0.2, 0) is 11.3 Å². The van der Waals surface area contributed by atoms with Crippen LogP contribution in [0.2, 0.25) is 5.02 Å². The molecular formula is C18H28ClN3O3. The number of ether oxygens (including phenoxy) is 3. The van der Waals surface area contributed by atoms with Crippen LogP contribution in [0.3, 0.4) is 0 Å². The average molecular weight is 370 g/mol. The minimum atomic E-state index is 0.528. The molecule has 25 heavy (non-hydrogen) atoms. The third-order valence-electron chi connectivity index (χ3n) is 3.72. The molecule has 1 aromatic carbocycles. The Hall–Kier alpha value is -1.66. The highest BCUT2D eigenvalue weighted by Gasteiger charge is 2.16. The van der Waals surface area contributed by atoms with E-state index in [1.54, 1.807) is 7.05 Å². The summed E-state index contributed by atoms with van der Waals surface area (Å²) >= 11 is 6.26. The molecule has 1 aliphatic heterocycles. The van der Waals surface area contributed by atoms with E-state index in [4.69, 9.17) is 25.8 Å². The van der Waals surface area contributed by atoms with Crippen molar-refractivity contribution in [3.63, 3.8) is 0 Å². The summed E-state index contributed by atoms with van der Waals surface area (Å²) in [4.78, 5) is 4.21. The third-order valence-corrected chi connectivity index (χ3v) is 4.00. The zero-order chi connectivity index (χ0) is 18.1. The van der Waals surface area contributed by atoms with E-state index in [1.165, 1.54) is 0 Å².